The van der Waals surface area contributed by atoms with Gasteiger partial charge in [0.15, 0.2) is 5.78 Å². The maximum atomic E-state index is 11.9. The molecule has 0 amide bonds. The summed E-state index contributed by atoms with van der Waals surface area (Å²) in [5, 5.41) is 0. The van der Waals surface area contributed by atoms with Gasteiger partial charge in [-0.15, -0.1) is 0 Å². The minimum Gasteiger partial charge on any atom is -0.299 e. The molecule has 2 unspecified atom stereocenters. The third-order valence-electron chi connectivity index (χ3n) is 3.54. The highest BCUT2D eigenvalue weighted by molar-refractivity contribution is 5.95. The Morgan fingerprint density at radius 3 is 2.60 bits per heavy atom. The van der Waals surface area contributed by atoms with E-state index in [4.69, 9.17) is 0 Å². The van der Waals surface area contributed by atoms with Gasteiger partial charge in [0.05, 0.1) is 0 Å². The van der Waals surface area contributed by atoms with Crippen LogP contribution in [0.4, 0.5) is 0 Å². The monoisotopic (exact) mass is 208 g/mol. The molecular formula is C13H20O2. The van der Waals surface area contributed by atoms with Crippen molar-refractivity contribution >= 4 is 12.1 Å². The zero-order valence-corrected chi connectivity index (χ0v) is 9.82. The fourth-order valence-electron chi connectivity index (χ4n) is 2.88. The molecule has 0 N–H and O–H groups in total. The van der Waals surface area contributed by atoms with Crippen molar-refractivity contribution in [2.75, 3.05) is 0 Å². The van der Waals surface area contributed by atoms with Gasteiger partial charge in [-0.1, -0.05) is 27.2 Å². The van der Waals surface area contributed by atoms with Crippen molar-refractivity contribution in [2.24, 2.45) is 17.3 Å². The molecule has 0 aromatic heterocycles. The third-order valence-corrected chi connectivity index (χ3v) is 3.54. The van der Waals surface area contributed by atoms with Crippen molar-refractivity contribution in [1.82, 2.24) is 0 Å². The van der Waals surface area contributed by atoms with Crippen molar-refractivity contribution in [3.05, 3.63) is 12.2 Å². The molecule has 0 spiro atoms. The molecule has 2 nitrogen and oxygen atoms in total. The molecule has 2 heteroatoms. The third kappa shape index (κ3) is 2.77. The summed E-state index contributed by atoms with van der Waals surface area (Å²) < 4.78 is 0. The van der Waals surface area contributed by atoms with Gasteiger partial charge in [0.1, 0.15) is 6.29 Å². The number of hydrogen-bond acceptors (Lipinski definition) is 2. The quantitative estimate of drug-likeness (QED) is 0.528. The van der Waals surface area contributed by atoms with Crippen LogP contribution < -0.4 is 0 Å². The van der Waals surface area contributed by atoms with Gasteiger partial charge < -0.3 is 0 Å². The standard InChI is InChI=1S/C13H20O2/c1-10-6-4-8-13(2,3)12(10)11(15)7-5-9-14/h5,7,9-10,12H,4,6,8H2,1-3H3. The lowest BCUT2D eigenvalue weighted by Crippen LogP contribution is -2.38. The van der Waals surface area contributed by atoms with Crippen LogP contribution in [0, 0.1) is 17.3 Å². The highest BCUT2D eigenvalue weighted by atomic mass is 16.1. The molecule has 0 saturated heterocycles. The number of carbonyl (C=O) groups excluding carboxylic acids is 2. The second-order valence-corrected chi connectivity index (χ2v) is 5.23. The van der Waals surface area contributed by atoms with E-state index in [9.17, 15) is 9.59 Å². The van der Waals surface area contributed by atoms with Crippen molar-refractivity contribution in [2.45, 2.75) is 40.0 Å². The lowest BCUT2D eigenvalue weighted by atomic mass is 9.62. The van der Waals surface area contributed by atoms with E-state index in [0.29, 0.717) is 12.2 Å². The number of ketones is 1. The molecule has 0 bridgehead atoms. The summed E-state index contributed by atoms with van der Waals surface area (Å²) in [6.45, 7) is 6.44. The van der Waals surface area contributed by atoms with E-state index in [0.717, 1.165) is 12.8 Å². The zero-order chi connectivity index (χ0) is 11.5. The predicted octanol–water partition coefficient (Wildman–Crippen LogP) is 2.77. The van der Waals surface area contributed by atoms with Crippen LogP contribution in [0.2, 0.25) is 0 Å². The lowest BCUT2D eigenvalue weighted by molar-refractivity contribution is -0.125. The Hall–Kier alpha value is -0.920. The maximum Gasteiger partial charge on any atom is 0.159 e. The molecule has 0 aromatic rings. The van der Waals surface area contributed by atoms with Crippen LogP contribution in [0.1, 0.15) is 40.0 Å². The normalized spacial score (nSPS) is 30.3. The topological polar surface area (TPSA) is 34.1 Å². The number of allylic oxidation sites excluding steroid dienone is 2. The molecule has 0 aliphatic heterocycles. The highest BCUT2D eigenvalue weighted by Gasteiger charge is 2.40. The second kappa shape index (κ2) is 4.73. The summed E-state index contributed by atoms with van der Waals surface area (Å²) in [6, 6.07) is 0. The van der Waals surface area contributed by atoms with Crippen LogP contribution in [0.5, 0.6) is 0 Å². The number of rotatable bonds is 3. The molecule has 0 aromatic carbocycles. The first-order chi connectivity index (χ1) is 6.99. The fraction of sp³-hybridized carbons (Fsp3) is 0.692. The predicted molar refractivity (Wildman–Crippen MR) is 60.5 cm³/mol. The van der Waals surface area contributed by atoms with E-state index in [2.05, 4.69) is 20.8 Å². The van der Waals surface area contributed by atoms with Crippen molar-refractivity contribution in [3.8, 4) is 0 Å². The number of carbonyl (C=O) groups is 2. The van der Waals surface area contributed by atoms with E-state index in [1.54, 1.807) is 0 Å². The first-order valence-corrected chi connectivity index (χ1v) is 5.65. The van der Waals surface area contributed by atoms with Gasteiger partial charge in [-0.05, 0) is 36.3 Å². The molecule has 1 aliphatic rings. The van der Waals surface area contributed by atoms with Crippen LogP contribution in [0.3, 0.4) is 0 Å². The van der Waals surface area contributed by atoms with E-state index < -0.39 is 0 Å². The number of hydrogen-bond donors (Lipinski definition) is 0. The smallest absolute Gasteiger partial charge is 0.159 e. The SMILES string of the molecule is CC1CCCC(C)(C)C1C(=O)C=CC=O. The minimum atomic E-state index is 0.0714. The average molecular weight is 208 g/mol. The molecule has 1 rings (SSSR count). The molecule has 1 fully saturated rings. The second-order valence-electron chi connectivity index (χ2n) is 5.23. The summed E-state index contributed by atoms with van der Waals surface area (Å²) in [5.74, 6) is 0.610. The average Bonchev–Trinajstić information content (AvgIpc) is 2.13. The largest absolute Gasteiger partial charge is 0.299 e. The van der Waals surface area contributed by atoms with Gasteiger partial charge in [0, 0.05) is 5.92 Å². The molecule has 1 aliphatic carbocycles. The molecule has 84 valence electrons. The first-order valence-electron chi connectivity index (χ1n) is 5.65. The lowest BCUT2D eigenvalue weighted by Gasteiger charge is -2.41. The molecule has 0 radical (unpaired) electrons. The van der Waals surface area contributed by atoms with Crippen LogP contribution in [0.15, 0.2) is 12.2 Å². The molecule has 0 heterocycles. The Balaban J connectivity index is 2.83. The Morgan fingerprint density at radius 1 is 1.40 bits per heavy atom. The van der Waals surface area contributed by atoms with Crippen molar-refractivity contribution < 1.29 is 9.59 Å². The van der Waals surface area contributed by atoms with Crippen LogP contribution in [-0.4, -0.2) is 12.1 Å². The van der Waals surface area contributed by atoms with Gasteiger partial charge in [0.2, 0.25) is 0 Å². The minimum absolute atomic E-state index is 0.0714. The Bertz CT molecular complexity index is 276. The zero-order valence-electron chi connectivity index (χ0n) is 9.82. The van der Waals surface area contributed by atoms with Crippen molar-refractivity contribution in [3.63, 3.8) is 0 Å². The fourth-order valence-corrected chi connectivity index (χ4v) is 2.88. The van der Waals surface area contributed by atoms with Gasteiger partial charge in [0.25, 0.3) is 0 Å². The Labute approximate surface area is 91.7 Å². The Kier molecular flexibility index (Phi) is 3.83. The van der Waals surface area contributed by atoms with Crippen LogP contribution >= 0.6 is 0 Å². The van der Waals surface area contributed by atoms with E-state index in [1.165, 1.54) is 18.6 Å². The molecule has 1 saturated carbocycles. The van der Waals surface area contributed by atoms with E-state index in [-0.39, 0.29) is 17.1 Å². The van der Waals surface area contributed by atoms with Gasteiger partial charge in [-0.2, -0.15) is 0 Å². The maximum absolute atomic E-state index is 11.9. The number of aldehydes is 1. The molecule has 2 atom stereocenters. The first kappa shape index (κ1) is 12.2. The molecular weight excluding hydrogens is 188 g/mol. The highest BCUT2D eigenvalue weighted by Crippen LogP contribution is 2.44. The van der Waals surface area contributed by atoms with Gasteiger partial charge in [-0.3, -0.25) is 9.59 Å². The van der Waals surface area contributed by atoms with Crippen LogP contribution in [-0.2, 0) is 9.59 Å². The Morgan fingerprint density at radius 2 is 2.07 bits per heavy atom. The van der Waals surface area contributed by atoms with E-state index in [1.807, 2.05) is 0 Å². The van der Waals surface area contributed by atoms with E-state index >= 15 is 0 Å². The molecule has 15 heavy (non-hydrogen) atoms. The summed E-state index contributed by atoms with van der Waals surface area (Å²) in [7, 11) is 0. The van der Waals surface area contributed by atoms with Gasteiger partial charge in [-0.25, -0.2) is 0 Å². The summed E-state index contributed by atoms with van der Waals surface area (Å²) >= 11 is 0. The summed E-state index contributed by atoms with van der Waals surface area (Å²) in [6.07, 6.45) is 6.83. The van der Waals surface area contributed by atoms with Gasteiger partial charge >= 0.3 is 0 Å². The van der Waals surface area contributed by atoms with Crippen molar-refractivity contribution in [1.29, 1.82) is 0 Å². The summed E-state index contributed by atoms with van der Waals surface area (Å²) in [4.78, 5) is 22.1. The summed E-state index contributed by atoms with van der Waals surface area (Å²) in [5.41, 5.74) is 0.0714. The van der Waals surface area contributed by atoms with Crippen LogP contribution in [0.25, 0.3) is 0 Å².